The molecule has 8 nitrogen and oxygen atoms in total. The van der Waals surface area contributed by atoms with Crippen LogP contribution >= 0.6 is 11.6 Å². The number of benzene rings is 2. The molecule has 1 amide bonds. The molecule has 1 N–H and O–H groups in total. The molecule has 10 heteroatoms. The van der Waals surface area contributed by atoms with Crippen LogP contribution in [0.1, 0.15) is 10.4 Å². The van der Waals surface area contributed by atoms with E-state index in [0.29, 0.717) is 11.4 Å². The lowest BCUT2D eigenvalue weighted by atomic mass is 10.1. The summed E-state index contributed by atoms with van der Waals surface area (Å²) in [7, 11) is -2.69. The number of rotatable bonds is 5. The molecule has 0 aliphatic carbocycles. The second-order valence-corrected chi connectivity index (χ2v) is 8.57. The number of aromatic nitrogens is 1. The first-order chi connectivity index (χ1) is 14.4. The topological polar surface area (TPSA) is 97.8 Å². The molecule has 0 bridgehead atoms. The van der Waals surface area contributed by atoms with Crippen LogP contribution in [0.25, 0.3) is 0 Å². The van der Waals surface area contributed by atoms with E-state index in [1.807, 2.05) is 0 Å². The van der Waals surface area contributed by atoms with Gasteiger partial charge in [-0.1, -0.05) is 11.6 Å². The minimum atomic E-state index is -4.06. The van der Waals surface area contributed by atoms with Crippen molar-refractivity contribution in [3.05, 3.63) is 71.5 Å². The lowest BCUT2D eigenvalue weighted by Gasteiger charge is -2.19. The number of carbonyl (C=O) groups excluding carboxylic acids is 1. The van der Waals surface area contributed by atoms with E-state index in [0.717, 1.165) is 4.31 Å². The smallest absolute Gasteiger partial charge is 0.270 e. The Bertz CT molecular complexity index is 1220. The summed E-state index contributed by atoms with van der Waals surface area (Å²) in [6.07, 6.45) is 3.10. The fraction of sp³-hybridized carbons (Fsp3) is 0.100. The average molecular weight is 446 g/mol. The zero-order valence-corrected chi connectivity index (χ0v) is 17.3. The summed E-state index contributed by atoms with van der Waals surface area (Å²) in [5.41, 5.74) is 1.03. The zero-order valence-electron chi connectivity index (χ0n) is 15.7. The average Bonchev–Trinajstić information content (AvgIpc) is 3.18. The Hall–Kier alpha value is -3.30. The Balaban J connectivity index is 1.69. The maximum Gasteiger partial charge on any atom is 0.270 e. The molecule has 154 valence electrons. The number of amides is 1. The molecule has 0 saturated carbocycles. The summed E-state index contributed by atoms with van der Waals surface area (Å²) in [5.74, 6) is 0.0891. The number of fused-ring (bicyclic) bond motifs is 1. The van der Waals surface area contributed by atoms with Gasteiger partial charge in [0.05, 0.1) is 24.7 Å². The zero-order chi connectivity index (χ0) is 21.3. The van der Waals surface area contributed by atoms with Gasteiger partial charge in [0.25, 0.3) is 15.9 Å². The van der Waals surface area contributed by atoms with Gasteiger partial charge in [0, 0.05) is 16.8 Å². The lowest BCUT2D eigenvalue weighted by molar-refractivity contribution is 0.102. The first-order valence-corrected chi connectivity index (χ1v) is 10.6. The molecule has 0 spiro atoms. The highest BCUT2D eigenvalue weighted by Gasteiger charge is 2.35. The van der Waals surface area contributed by atoms with Gasteiger partial charge in [-0.2, -0.15) is 0 Å². The number of nitrogens with one attached hydrogen (secondary N) is 1. The number of hydrogen-bond donors (Lipinski definition) is 1. The summed E-state index contributed by atoms with van der Waals surface area (Å²) in [5, 5.41) is 2.96. The summed E-state index contributed by atoms with van der Waals surface area (Å²) < 4.78 is 38.4. The minimum Gasteiger partial charge on any atom is -0.495 e. The third-order valence-electron chi connectivity index (χ3n) is 4.44. The van der Waals surface area contributed by atoms with Crippen LogP contribution in [0.5, 0.6) is 11.5 Å². The third kappa shape index (κ3) is 3.64. The van der Waals surface area contributed by atoms with Gasteiger partial charge < -0.3 is 14.8 Å². The van der Waals surface area contributed by atoms with Crippen molar-refractivity contribution in [1.82, 2.24) is 4.98 Å². The van der Waals surface area contributed by atoms with E-state index in [1.54, 1.807) is 30.5 Å². The van der Waals surface area contributed by atoms with E-state index < -0.39 is 15.9 Å². The number of carbonyl (C=O) groups is 1. The van der Waals surface area contributed by atoms with Crippen molar-refractivity contribution in [1.29, 1.82) is 0 Å². The highest BCUT2D eigenvalue weighted by atomic mass is 35.5. The Morgan fingerprint density at radius 3 is 2.80 bits per heavy atom. The number of hydrogen-bond acceptors (Lipinski definition) is 6. The van der Waals surface area contributed by atoms with Crippen molar-refractivity contribution in [2.45, 2.75) is 4.90 Å². The van der Waals surface area contributed by atoms with Gasteiger partial charge in [0.2, 0.25) is 0 Å². The van der Waals surface area contributed by atoms with Crippen molar-refractivity contribution in [3.8, 4) is 11.5 Å². The fourth-order valence-corrected chi connectivity index (χ4v) is 4.73. The molecule has 1 aliphatic rings. The molecule has 0 unspecified atom stereocenters. The van der Waals surface area contributed by atoms with Gasteiger partial charge in [0.1, 0.15) is 16.4 Å². The van der Waals surface area contributed by atoms with Gasteiger partial charge >= 0.3 is 0 Å². The second kappa shape index (κ2) is 7.85. The predicted molar refractivity (Wildman–Crippen MR) is 112 cm³/mol. The standard InChI is InChI=1S/C20H16ClN3O5S/c1-28-18-7-5-14(21)10-19(18)30(26,27)24-12-29-17-6-4-13(9-16(17)24)20(25)23-15-3-2-8-22-11-15/h2-11H,12H2,1H3,(H,23,25). The Labute approximate surface area is 178 Å². The quantitative estimate of drug-likeness (QED) is 0.645. The molecule has 0 saturated heterocycles. The minimum absolute atomic E-state index is 0.0980. The maximum absolute atomic E-state index is 13.3. The maximum atomic E-state index is 13.3. The van der Waals surface area contributed by atoms with Gasteiger partial charge in [-0.25, -0.2) is 12.7 Å². The highest BCUT2D eigenvalue weighted by Crippen LogP contribution is 2.40. The van der Waals surface area contributed by atoms with E-state index in [2.05, 4.69) is 10.3 Å². The van der Waals surface area contributed by atoms with Crippen molar-refractivity contribution < 1.29 is 22.7 Å². The van der Waals surface area contributed by atoms with Crippen LogP contribution in [0.4, 0.5) is 11.4 Å². The summed E-state index contributed by atoms with van der Waals surface area (Å²) >= 11 is 6.00. The fourth-order valence-electron chi connectivity index (χ4n) is 2.98. The van der Waals surface area contributed by atoms with Gasteiger partial charge in [0.15, 0.2) is 6.73 Å². The molecule has 2 aromatic carbocycles. The van der Waals surface area contributed by atoms with E-state index >= 15 is 0 Å². The first kappa shape index (κ1) is 20.0. The number of nitrogens with zero attached hydrogens (tertiary/aromatic N) is 2. The Kier molecular flexibility index (Phi) is 5.23. The van der Waals surface area contributed by atoms with Crippen molar-refractivity contribution in [2.75, 3.05) is 23.5 Å². The SMILES string of the molecule is COc1ccc(Cl)cc1S(=O)(=O)N1COc2ccc(C(=O)Nc3cccnc3)cc21. The summed E-state index contributed by atoms with van der Waals surface area (Å²) in [4.78, 5) is 16.4. The van der Waals surface area contributed by atoms with Crippen LogP contribution in [0.15, 0.2) is 65.8 Å². The van der Waals surface area contributed by atoms with Gasteiger partial charge in [-0.3, -0.25) is 9.78 Å². The number of pyridine rings is 1. The summed E-state index contributed by atoms with van der Waals surface area (Å²) in [6.45, 7) is -0.235. The highest BCUT2D eigenvalue weighted by molar-refractivity contribution is 7.93. The normalized spacial score (nSPS) is 12.8. The molecule has 1 aromatic heterocycles. The van der Waals surface area contributed by atoms with Crippen LogP contribution < -0.4 is 19.1 Å². The number of sulfonamides is 1. The van der Waals surface area contributed by atoms with Crippen LogP contribution in [0, 0.1) is 0 Å². The van der Waals surface area contributed by atoms with Crippen LogP contribution in [0.3, 0.4) is 0 Å². The molecule has 30 heavy (non-hydrogen) atoms. The number of halogens is 1. The molecule has 0 atom stereocenters. The second-order valence-electron chi connectivity index (χ2n) is 6.30. The number of anilines is 2. The largest absolute Gasteiger partial charge is 0.495 e. The molecular formula is C20H16ClN3O5S. The first-order valence-electron chi connectivity index (χ1n) is 8.74. The van der Waals surface area contributed by atoms with E-state index in [4.69, 9.17) is 21.1 Å². The van der Waals surface area contributed by atoms with Crippen LogP contribution in [0.2, 0.25) is 5.02 Å². The Morgan fingerprint density at radius 2 is 2.07 bits per heavy atom. The predicted octanol–water partition coefficient (Wildman–Crippen LogP) is 3.54. The van der Waals surface area contributed by atoms with Crippen molar-refractivity contribution >= 4 is 38.9 Å². The Morgan fingerprint density at radius 1 is 1.23 bits per heavy atom. The molecule has 2 heterocycles. The van der Waals surface area contributed by atoms with Gasteiger partial charge in [-0.15, -0.1) is 0 Å². The molecule has 3 aromatic rings. The van der Waals surface area contributed by atoms with Crippen LogP contribution in [-0.2, 0) is 10.0 Å². The van der Waals surface area contributed by atoms with Crippen molar-refractivity contribution in [3.63, 3.8) is 0 Å². The van der Waals surface area contributed by atoms with Crippen LogP contribution in [-0.4, -0.2) is 33.1 Å². The molecule has 1 aliphatic heterocycles. The van der Waals surface area contributed by atoms with Gasteiger partial charge in [-0.05, 0) is 48.5 Å². The van der Waals surface area contributed by atoms with E-state index in [9.17, 15) is 13.2 Å². The molecule has 0 fully saturated rings. The third-order valence-corrected chi connectivity index (χ3v) is 6.43. The number of ether oxygens (including phenoxy) is 2. The molecule has 4 rings (SSSR count). The summed E-state index contributed by atoms with van der Waals surface area (Å²) in [6, 6.07) is 12.3. The lowest BCUT2D eigenvalue weighted by Crippen LogP contribution is -2.30. The molecule has 0 radical (unpaired) electrons. The number of methoxy groups -OCH3 is 1. The monoisotopic (exact) mass is 445 g/mol. The van der Waals surface area contributed by atoms with Crippen molar-refractivity contribution in [2.24, 2.45) is 0 Å². The molecular weight excluding hydrogens is 430 g/mol. The van der Waals surface area contributed by atoms with E-state index in [-0.39, 0.29) is 33.6 Å². The van der Waals surface area contributed by atoms with E-state index in [1.165, 1.54) is 37.6 Å².